The van der Waals surface area contributed by atoms with Crippen molar-refractivity contribution in [2.45, 2.75) is 82.5 Å². The van der Waals surface area contributed by atoms with E-state index in [1.165, 1.54) is 4.90 Å². The molecule has 3 atom stereocenters. The molecule has 0 saturated carbocycles. The summed E-state index contributed by atoms with van der Waals surface area (Å²) in [5.41, 5.74) is -1.86. The summed E-state index contributed by atoms with van der Waals surface area (Å²) < 4.78 is 92.9. The molecular formula is C37H43F6N5O2. The molecule has 7 nitrogen and oxygen atoms in total. The maximum Gasteiger partial charge on any atom is 0.412 e. The van der Waals surface area contributed by atoms with Gasteiger partial charge in [0.1, 0.15) is 0 Å². The van der Waals surface area contributed by atoms with E-state index in [4.69, 9.17) is 9.72 Å². The second-order valence-electron chi connectivity index (χ2n) is 13.4. The van der Waals surface area contributed by atoms with Crippen molar-refractivity contribution in [2.75, 3.05) is 38.2 Å². The summed E-state index contributed by atoms with van der Waals surface area (Å²) in [4.78, 5) is 22.4. The SMILES string of the molecule is CCOCCn1c(NC2CCN(C3CCN(C(=O)C4(C(F)(F)F)C=CC=C(C(F)(F)F)C4)C(Cc4ccccc4)C3)CC2)nc2ccccc21. The number of rotatable bonds is 10. The Morgan fingerprint density at radius 1 is 0.980 bits per heavy atom. The van der Waals surface area contributed by atoms with Gasteiger partial charge in [0.15, 0.2) is 5.41 Å². The van der Waals surface area contributed by atoms with E-state index in [0.717, 1.165) is 54.6 Å². The number of amides is 1. The summed E-state index contributed by atoms with van der Waals surface area (Å²) in [5.74, 6) is -0.524. The lowest BCUT2D eigenvalue weighted by Crippen LogP contribution is -2.60. The Morgan fingerprint density at radius 3 is 2.40 bits per heavy atom. The summed E-state index contributed by atoms with van der Waals surface area (Å²) in [6.07, 6.45) is -6.88. The third-order valence-corrected chi connectivity index (χ3v) is 10.4. The highest BCUT2D eigenvalue weighted by atomic mass is 19.4. The van der Waals surface area contributed by atoms with Gasteiger partial charge < -0.3 is 24.4 Å². The number of nitrogens with zero attached hydrogens (tertiary/aromatic N) is 4. The maximum absolute atomic E-state index is 14.7. The molecule has 1 amide bonds. The molecule has 3 aliphatic rings. The van der Waals surface area contributed by atoms with Crippen LogP contribution in [0.2, 0.25) is 0 Å². The van der Waals surface area contributed by atoms with Crippen LogP contribution in [-0.2, 0) is 22.5 Å². The topological polar surface area (TPSA) is 62.6 Å². The summed E-state index contributed by atoms with van der Waals surface area (Å²) in [6.45, 7) is 5.35. The second kappa shape index (κ2) is 14.8. The van der Waals surface area contributed by atoms with Crippen molar-refractivity contribution in [1.29, 1.82) is 0 Å². The van der Waals surface area contributed by atoms with Gasteiger partial charge in [0, 0.05) is 62.9 Å². The standard InChI is InChI=1S/C37H43F6N5O2/c1-2-50-22-21-48-32-13-7-6-12-31(32)45-34(48)44-28-14-18-46(19-15-28)29-16-20-47(30(24-29)23-26-9-4-3-5-10-26)33(49)35(37(41,42)43)17-8-11-27(25-35)36(38,39)40/h3-13,17,28-30H,2,14-16,18-25H2,1H3,(H,44,45). The van der Waals surface area contributed by atoms with Crippen LogP contribution in [0, 0.1) is 5.41 Å². The summed E-state index contributed by atoms with van der Waals surface area (Å²) >= 11 is 0. The van der Waals surface area contributed by atoms with Gasteiger partial charge in [-0.15, -0.1) is 0 Å². The number of ether oxygens (including phenoxy) is 1. The zero-order chi connectivity index (χ0) is 35.5. The third-order valence-electron chi connectivity index (χ3n) is 10.4. The van der Waals surface area contributed by atoms with E-state index in [9.17, 15) is 31.1 Å². The van der Waals surface area contributed by atoms with E-state index in [1.54, 1.807) is 0 Å². The highest BCUT2D eigenvalue weighted by molar-refractivity contribution is 5.87. The number of likely N-dealkylation sites (tertiary alicyclic amines) is 2. The molecule has 2 aliphatic heterocycles. The number of alkyl halides is 6. The molecule has 2 saturated heterocycles. The largest absolute Gasteiger partial charge is 0.412 e. The van der Waals surface area contributed by atoms with Crippen LogP contribution in [-0.4, -0.2) is 88.6 Å². The quantitative estimate of drug-likeness (QED) is 0.175. The van der Waals surface area contributed by atoms with Crippen molar-refractivity contribution in [3.63, 3.8) is 0 Å². The van der Waals surface area contributed by atoms with E-state index in [2.05, 4.69) is 14.8 Å². The van der Waals surface area contributed by atoms with Crippen molar-refractivity contribution in [3.8, 4) is 0 Å². The number of hydrogen-bond donors (Lipinski definition) is 1. The molecule has 0 spiro atoms. The lowest BCUT2D eigenvalue weighted by atomic mass is 9.75. The van der Waals surface area contributed by atoms with Crippen molar-refractivity contribution >= 4 is 22.9 Å². The van der Waals surface area contributed by atoms with Gasteiger partial charge >= 0.3 is 12.4 Å². The Kier molecular flexibility index (Phi) is 10.6. The van der Waals surface area contributed by atoms with E-state index in [0.29, 0.717) is 51.2 Å². The highest BCUT2D eigenvalue weighted by Crippen LogP contribution is 2.51. The van der Waals surface area contributed by atoms with Crippen LogP contribution >= 0.6 is 0 Å². The van der Waals surface area contributed by atoms with Crippen LogP contribution in [0.25, 0.3) is 11.0 Å². The minimum atomic E-state index is -5.21. The normalized spacial score (nSPS) is 24.1. The number of allylic oxidation sites excluding steroid dienone is 3. The minimum absolute atomic E-state index is 0.0128. The van der Waals surface area contributed by atoms with Crippen LogP contribution in [0.4, 0.5) is 32.3 Å². The molecule has 1 aromatic heterocycles. The number of fused-ring (bicyclic) bond motifs is 1. The molecule has 1 aliphatic carbocycles. The highest BCUT2D eigenvalue weighted by Gasteiger charge is 2.63. The molecule has 0 bridgehead atoms. The zero-order valence-electron chi connectivity index (χ0n) is 28.0. The van der Waals surface area contributed by atoms with Crippen molar-refractivity contribution < 1.29 is 35.9 Å². The van der Waals surface area contributed by atoms with Crippen molar-refractivity contribution in [1.82, 2.24) is 19.4 Å². The van der Waals surface area contributed by atoms with E-state index >= 15 is 0 Å². The Morgan fingerprint density at radius 2 is 1.70 bits per heavy atom. The minimum Gasteiger partial charge on any atom is -0.380 e. The number of benzene rings is 2. The van der Waals surface area contributed by atoms with Crippen LogP contribution in [0.1, 0.15) is 44.6 Å². The summed E-state index contributed by atoms with van der Waals surface area (Å²) in [7, 11) is 0. The zero-order valence-corrected chi connectivity index (χ0v) is 28.0. The fourth-order valence-corrected chi connectivity index (χ4v) is 7.67. The molecular weight excluding hydrogens is 660 g/mol. The molecule has 270 valence electrons. The van der Waals surface area contributed by atoms with Crippen LogP contribution in [0.5, 0.6) is 0 Å². The first-order valence-corrected chi connectivity index (χ1v) is 17.3. The van der Waals surface area contributed by atoms with Crippen molar-refractivity contribution in [2.24, 2.45) is 5.41 Å². The number of halogens is 6. The third kappa shape index (κ3) is 7.58. The predicted molar refractivity (Wildman–Crippen MR) is 179 cm³/mol. The maximum atomic E-state index is 14.7. The molecule has 2 fully saturated rings. The summed E-state index contributed by atoms with van der Waals surface area (Å²) in [5, 5.41) is 3.64. The van der Waals surface area contributed by atoms with E-state index in [-0.39, 0.29) is 18.6 Å². The van der Waals surface area contributed by atoms with Gasteiger partial charge in [0.25, 0.3) is 0 Å². The van der Waals surface area contributed by atoms with Gasteiger partial charge in [-0.2, -0.15) is 26.3 Å². The van der Waals surface area contributed by atoms with Crippen molar-refractivity contribution in [3.05, 3.63) is 84.0 Å². The van der Waals surface area contributed by atoms with Crippen LogP contribution in [0.3, 0.4) is 0 Å². The fraction of sp³-hybridized carbons (Fsp3) is 0.514. The second-order valence-corrected chi connectivity index (χ2v) is 13.4. The summed E-state index contributed by atoms with van der Waals surface area (Å²) in [6, 6.07) is 16.7. The van der Waals surface area contributed by atoms with Gasteiger partial charge in [-0.05, 0) is 56.7 Å². The van der Waals surface area contributed by atoms with Crippen LogP contribution in [0.15, 0.2) is 78.4 Å². The number of piperidine rings is 2. The number of anilines is 1. The molecule has 1 N–H and O–H groups in total. The number of carbonyl (C=O) groups is 1. The number of aromatic nitrogens is 2. The Balaban J connectivity index is 1.16. The first kappa shape index (κ1) is 36.0. The molecule has 3 unspecified atom stereocenters. The molecule has 6 rings (SSSR count). The lowest BCUT2D eigenvalue weighted by Gasteiger charge is -2.48. The Hall–Kier alpha value is -3.84. The molecule has 0 radical (unpaired) electrons. The molecule has 3 aromatic rings. The number of hydrogen-bond acceptors (Lipinski definition) is 5. The van der Waals surface area contributed by atoms with Gasteiger partial charge in [0.2, 0.25) is 11.9 Å². The first-order valence-electron chi connectivity index (χ1n) is 17.3. The average Bonchev–Trinajstić information content (AvgIpc) is 3.44. The number of para-hydroxylation sites is 2. The van der Waals surface area contributed by atoms with Gasteiger partial charge in [-0.25, -0.2) is 4.98 Å². The lowest BCUT2D eigenvalue weighted by molar-refractivity contribution is -0.218. The van der Waals surface area contributed by atoms with Gasteiger partial charge in [-0.3, -0.25) is 4.79 Å². The number of carbonyl (C=O) groups excluding carboxylic acids is 1. The fourth-order valence-electron chi connectivity index (χ4n) is 7.67. The average molecular weight is 704 g/mol. The molecule has 13 heteroatoms. The number of nitrogens with one attached hydrogen (secondary N) is 1. The number of imidazole rings is 1. The molecule has 50 heavy (non-hydrogen) atoms. The Labute approximate surface area is 288 Å². The smallest absolute Gasteiger partial charge is 0.380 e. The van der Waals surface area contributed by atoms with Gasteiger partial charge in [-0.1, -0.05) is 60.7 Å². The molecule has 2 aromatic carbocycles. The van der Waals surface area contributed by atoms with Crippen LogP contribution < -0.4 is 5.32 Å². The van der Waals surface area contributed by atoms with E-state index in [1.807, 2.05) is 61.5 Å². The molecule has 3 heterocycles. The van der Waals surface area contributed by atoms with Gasteiger partial charge in [0.05, 0.1) is 17.6 Å². The Bertz CT molecular complexity index is 1680. The predicted octanol–water partition coefficient (Wildman–Crippen LogP) is 7.55. The monoisotopic (exact) mass is 703 g/mol. The van der Waals surface area contributed by atoms with E-state index < -0.39 is 41.7 Å². The first-order chi connectivity index (χ1) is 23.9.